The first-order chi connectivity index (χ1) is 14.5. The molecule has 1 aromatic heterocycles. The van der Waals surface area contributed by atoms with E-state index in [1.807, 2.05) is 55.5 Å². The number of hydrogen-bond acceptors (Lipinski definition) is 2. The Kier molecular flexibility index (Phi) is 5.91. The number of halogens is 1. The summed E-state index contributed by atoms with van der Waals surface area (Å²) in [5.41, 5.74) is 3.51. The molecule has 4 heteroatoms. The molecule has 30 heavy (non-hydrogen) atoms. The fraction of sp³-hybridized carbons (Fsp3) is 0.192. The number of aromatic nitrogens is 1. The Morgan fingerprint density at radius 1 is 0.967 bits per heavy atom. The highest BCUT2D eigenvalue weighted by molar-refractivity contribution is 6.30. The highest BCUT2D eigenvalue weighted by Crippen LogP contribution is 2.37. The van der Waals surface area contributed by atoms with Crippen molar-refractivity contribution in [1.29, 1.82) is 0 Å². The van der Waals surface area contributed by atoms with Crippen molar-refractivity contribution in [2.75, 3.05) is 0 Å². The van der Waals surface area contributed by atoms with Crippen LogP contribution < -0.4 is 4.74 Å². The van der Waals surface area contributed by atoms with Crippen molar-refractivity contribution in [3.8, 4) is 5.75 Å². The maximum absolute atomic E-state index is 12.8. The molecule has 0 aliphatic carbocycles. The largest absolute Gasteiger partial charge is 0.426 e. The molecule has 0 saturated heterocycles. The van der Waals surface area contributed by atoms with Crippen molar-refractivity contribution in [2.45, 2.75) is 19.3 Å². The van der Waals surface area contributed by atoms with Crippen LogP contribution in [0.3, 0.4) is 0 Å². The van der Waals surface area contributed by atoms with Crippen molar-refractivity contribution < 1.29 is 9.53 Å². The minimum atomic E-state index is -0.273. The van der Waals surface area contributed by atoms with Crippen LogP contribution in [0.4, 0.5) is 0 Å². The van der Waals surface area contributed by atoms with Crippen molar-refractivity contribution in [2.24, 2.45) is 13.0 Å². The highest BCUT2D eigenvalue weighted by atomic mass is 35.5. The molecule has 3 nitrogen and oxygen atoms in total. The smallest absolute Gasteiger partial charge is 0.314 e. The molecule has 0 radical (unpaired) electrons. The second-order valence-corrected chi connectivity index (χ2v) is 8.12. The molecule has 0 aliphatic rings. The molecule has 0 N–H and O–H groups in total. The molecular weight excluding hydrogens is 394 g/mol. The zero-order valence-electron chi connectivity index (χ0n) is 17.1. The number of benzene rings is 3. The SMILES string of the molecule is CC(CC(c1ccc(Cl)cc1)c1cn(C)c2ccccc12)C(=O)Oc1ccccc1. The maximum Gasteiger partial charge on any atom is 0.314 e. The Hall–Kier alpha value is -3.04. The van der Waals surface area contributed by atoms with Crippen LogP contribution in [-0.2, 0) is 11.8 Å². The molecule has 2 atom stereocenters. The van der Waals surface area contributed by atoms with Gasteiger partial charge in [0, 0.05) is 35.1 Å². The molecular formula is C26H24ClNO2. The number of aryl methyl sites for hydroxylation is 1. The second-order valence-electron chi connectivity index (χ2n) is 7.69. The Bertz CT molecular complexity index is 1150. The molecule has 0 saturated carbocycles. The van der Waals surface area contributed by atoms with Gasteiger partial charge in [0.05, 0.1) is 5.92 Å². The van der Waals surface area contributed by atoms with Crippen molar-refractivity contribution in [3.05, 3.63) is 101 Å². The summed E-state index contributed by atoms with van der Waals surface area (Å²) < 4.78 is 7.73. The van der Waals surface area contributed by atoms with Gasteiger partial charge >= 0.3 is 5.97 Å². The molecule has 3 aromatic carbocycles. The summed E-state index contributed by atoms with van der Waals surface area (Å²) in [6, 6.07) is 25.5. The Morgan fingerprint density at radius 2 is 1.63 bits per heavy atom. The number of fused-ring (bicyclic) bond motifs is 1. The summed E-state index contributed by atoms with van der Waals surface area (Å²) in [7, 11) is 2.05. The Labute approximate surface area is 181 Å². The van der Waals surface area contributed by atoms with Gasteiger partial charge < -0.3 is 9.30 Å². The van der Waals surface area contributed by atoms with Crippen LogP contribution in [0.5, 0.6) is 5.75 Å². The zero-order chi connectivity index (χ0) is 21.1. The van der Waals surface area contributed by atoms with Gasteiger partial charge in [0.25, 0.3) is 0 Å². The molecule has 4 aromatic rings. The number of esters is 1. The molecule has 2 unspecified atom stereocenters. The number of hydrogen-bond donors (Lipinski definition) is 0. The third-order valence-electron chi connectivity index (χ3n) is 5.53. The molecule has 0 amide bonds. The van der Waals surface area contributed by atoms with Crippen LogP contribution in [0, 0.1) is 5.92 Å². The van der Waals surface area contributed by atoms with Crippen LogP contribution in [0.2, 0.25) is 5.02 Å². The lowest BCUT2D eigenvalue weighted by atomic mass is 9.84. The number of rotatable bonds is 6. The molecule has 1 heterocycles. The number of carbonyl (C=O) groups excluding carboxylic acids is 1. The predicted octanol–water partition coefficient (Wildman–Crippen LogP) is 6.60. The van der Waals surface area contributed by atoms with E-state index in [0.29, 0.717) is 17.2 Å². The summed E-state index contributed by atoms with van der Waals surface area (Å²) in [4.78, 5) is 12.8. The van der Waals surface area contributed by atoms with E-state index in [2.05, 4.69) is 36.0 Å². The van der Waals surface area contributed by atoms with Gasteiger partial charge in [-0.25, -0.2) is 0 Å². The average molecular weight is 418 g/mol. The standard InChI is InChI=1S/C26H24ClNO2/c1-18(26(29)30-21-8-4-3-5-9-21)16-23(19-12-14-20(27)15-13-19)24-17-28(2)25-11-7-6-10-22(24)25/h3-15,17-18,23H,16H2,1-2H3. The molecule has 0 bridgehead atoms. The number of carbonyl (C=O) groups is 1. The number of para-hydroxylation sites is 2. The van der Waals surface area contributed by atoms with Gasteiger partial charge in [-0.15, -0.1) is 0 Å². The van der Waals surface area contributed by atoms with Crippen LogP contribution in [0.15, 0.2) is 85.1 Å². The van der Waals surface area contributed by atoms with Crippen molar-refractivity contribution in [3.63, 3.8) is 0 Å². The minimum absolute atomic E-state index is 0.0479. The third-order valence-corrected chi connectivity index (χ3v) is 5.78. The zero-order valence-corrected chi connectivity index (χ0v) is 17.8. The molecule has 4 rings (SSSR count). The van der Waals surface area contributed by atoms with Gasteiger partial charge in [-0.2, -0.15) is 0 Å². The predicted molar refractivity (Wildman–Crippen MR) is 122 cm³/mol. The highest BCUT2D eigenvalue weighted by Gasteiger charge is 2.25. The summed E-state index contributed by atoms with van der Waals surface area (Å²) in [5.74, 6) is 0.125. The van der Waals surface area contributed by atoms with E-state index in [9.17, 15) is 4.79 Å². The molecule has 0 spiro atoms. The van der Waals surface area contributed by atoms with Crippen LogP contribution >= 0.6 is 11.6 Å². The summed E-state index contributed by atoms with van der Waals surface area (Å²) in [5, 5.41) is 1.90. The molecule has 152 valence electrons. The lowest BCUT2D eigenvalue weighted by Gasteiger charge is -2.21. The van der Waals surface area contributed by atoms with Gasteiger partial charge in [-0.3, -0.25) is 4.79 Å². The maximum atomic E-state index is 12.8. The fourth-order valence-corrected chi connectivity index (χ4v) is 4.07. The summed E-state index contributed by atoms with van der Waals surface area (Å²) in [6.07, 6.45) is 2.81. The van der Waals surface area contributed by atoms with E-state index in [-0.39, 0.29) is 17.8 Å². The first-order valence-electron chi connectivity index (χ1n) is 10.1. The summed E-state index contributed by atoms with van der Waals surface area (Å²) in [6.45, 7) is 1.93. The topological polar surface area (TPSA) is 31.2 Å². The Balaban J connectivity index is 1.67. The van der Waals surface area contributed by atoms with E-state index < -0.39 is 0 Å². The number of ether oxygens (including phenoxy) is 1. The van der Waals surface area contributed by atoms with Gasteiger partial charge in [0.15, 0.2) is 0 Å². The lowest BCUT2D eigenvalue weighted by molar-refractivity contribution is -0.138. The van der Waals surface area contributed by atoms with E-state index in [0.717, 1.165) is 5.56 Å². The van der Waals surface area contributed by atoms with E-state index in [4.69, 9.17) is 16.3 Å². The average Bonchev–Trinajstić information content (AvgIpc) is 3.10. The third kappa shape index (κ3) is 4.27. The Morgan fingerprint density at radius 3 is 2.37 bits per heavy atom. The van der Waals surface area contributed by atoms with Crippen LogP contribution in [-0.4, -0.2) is 10.5 Å². The van der Waals surface area contributed by atoms with Crippen molar-refractivity contribution in [1.82, 2.24) is 4.57 Å². The van der Waals surface area contributed by atoms with Crippen LogP contribution in [0.1, 0.15) is 30.4 Å². The molecule has 0 fully saturated rings. The van der Waals surface area contributed by atoms with Gasteiger partial charge in [0.2, 0.25) is 0 Å². The van der Waals surface area contributed by atoms with Gasteiger partial charge in [0.1, 0.15) is 5.75 Å². The second kappa shape index (κ2) is 8.76. The lowest BCUT2D eigenvalue weighted by Crippen LogP contribution is -2.20. The first kappa shape index (κ1) is 20.2. The minimum Gasteiger partial charge on any atom is -0.426 e. The van der Waals surface area contributed by atoms with Crippen LogP contribution in [0.25, 0.3) is 10.9 Å². The van der Waals surface area contributed by atoms with E-state index >= 15 is 0 Å². The number of nitrogens with zero attached hydrogens (tertiary/aromatic N) is 1. The van der Waals surface area contributed by atoms with E-state index in [1.54, 1.807) is 12.1 Å². The monoisotopic (exact) mass is 417 g/mol. The normalized spacial score (nSPS) is 13.2. The fourth-order valence-electron chi connectivity index (χ4n) is 3.94. The molecule has 0 aliphatic heterocycles. The first-order valence-corrected chi connectivity index (χ1v) is 10.5. The summed E-state index contributed by atoms with van der Waals surface area (Å²) >= 11 is 6.13. The van der Waals surface area contributed by atoms with Gasteiger partial charge in [-0.05, 0) is 47.9 Å². The van der Waals surface area contributed by atoms with E-state index in [1.165, 1.54) is 16.5 Å². The quantitative estimate of drug-likeness (QED) is 0.261. The van der Waals surface area contributed by atoms with Crippen molar-refractivity contribution >= 4 is 28.5 Å². The van der Waals surface area contributed by atoms with Gasteiger partial charge in [-0.1, -0.05) is 67.1 Å².